The third-order valence-corrected chi connectivity index (χ3v) is 3.73. The number of aromatic nitrogens is 3. The van der Waals surface area contributed by atoms with Gasteiger partial charge >= 0.3 is 0 Å². The van der Waals surface area contributed by atoms with E-state index in [1.165, 1.54) is 11.1 Å². The van der Waals surface area contributed by atoms with Gasteiger partial charge in [-0.05, 0) is 46.5 Å². The van der Waals surface area contributed by atoms with E-state index in [-0.39, 0.29) is 5.41 Å². The molecule has 2 heterocycles. The van der Waals surface area contributed by atoms with Gasteiger partial charge in [0.15, 0.2) is 11.5 Å². The second-order valence-electron chi connectivity index (χ2n) is 5.41. The first-order valence-electron chi connectivity index (χ1n) is 5.90. The average Bonchev–Trinajstić information content (AvgIpc) is 2.61. The topological polar surface area (TPSA) is 30.2 Å². The summed E-state index contributed by atoms with van der Waals surface area (Å²) in [6.07, 6.45) is 0.993. The predicted molar refractivity (Wildman–Crippen MR) is 73.5 cm³/mol. The molecule has 3 nitrogen and oxygen atoms in total. The maximum atomic E-state index is 4.60. The molecule has 0 aromatic carbocycles. The summed E-state index contributed by atoms with van der Waals surface area (Å²) in [5, 5.41) is 4.59. The van der Waals surface area contributed by atoms with Gasteiger partial charge in [-0.15, -0.1) is 5.10 Å². The SMILES string of the molecule is CCc1c(C)cc2nc(C(C)(C)C)nn2c1Br. The highest BCUT2D eigenvalue weighted by Crippen LogP contribution is 2.25. The third-order valence-electron chi connectivity index (χ3n) is 2.91. The van der Waals surface area contributed by atoms with E-state index in [1.807, 2.05) is 4.52 Å². The number of hydrogen-bond donors (Lipinski definition) is 0. The Morgan fingerprint density at radius 2 is 2.00 bits per heavy atom. The molecule has 0 unspecified atom stereocenters. The average molecular weight is 296 g/mol. The van der Waals surface area contributed by atoms with Crippen LogP contribution >= 0.6 is 15.9 Å². The Balaban J connectivity index is 2.74. The lowest BCUT2D eigenvalue weighted by molar-refractivity contribution is 0.544. The van der Waals surface area contributed by atoms with Crippen molar-refractivity contribution in [3.05, 3.63) is 27.6 Å². The van der Waals surface area contributed by atoms with E-state index < -0.39 is 0 Å². The van der Waals surface area contributed by atoms with Gasteiger partial charge in [0.2, 0.25) is 0 Å². The normalized spacial score (nSPS) is 12.4. The first-order chi connectivity index (χ1) is 7.84. The Hall–Kier alpha value is -0.900. The minimum absolute atomic E-state index is 0.0221. The van der Waals surface area contributed by atoms with Crippen LogP contribution in [0.5, 0.6) is 0 Å². The largest absolute Gasteiger partial charge is 0.211 e. The zero-order chi connectivity index (χ0) is 12.8. The number of nitrogens with zero attached hydrogens (tertiary/aromatic N) is 3. The monoisotopic (exact) mass is 295 g/mol. The van der Waals surface area contributed by atoms with E-state index in [0.717, 1.165) is 22.5 Å². The molecule has 4 heteroatoms. The molecule has 0 spiro atoms. The van der Waals surface area contributed by atoms with E-state index >= 15 is 0 Å². The molecule has 0 bridgehead atoms. The van der Waals surface area contributed by atoms with Crippen molar-refractivity contribution in [2.75, 3.05) is 0 Å². The molecule has 0 aliphatic heterocycles. The van der Waals surface area contributed by atoms with Gasteiger partial charge < -0.3 is 0 Å². The second kappa shape index (κ2) is 4.09. The highest BCUT2D eigenvalue weighted by Gasteiger charge is 2.21. The molecule has 0 fully saturated rings. The van der Waals surface area contributed by atoms with Gasteiger partial charge in [0, 0.05) is 5.41 Å². The summed E-state index contributed by atoms with van der Waals surface area (Å²) in [6, 6.07) is 2.10. The van der Waals surface area contributed by atoms with Gasteiger partial charge in [0.25, 0.3) is 0 Å². The Morgan fingerprint density at radius 1 is 1.35 bits per heavy atom. The van der Waals surface area contributed by atoms with Crippen LogP contribution in [0.3, 0.4) is 0 Å². The highest BCUT2D eigenvalue weighted by molar-refractivity contribution is 9.10. The molecule has 0 N–H and O–H groups in total. The van der Waals surface area contributed by atoms with Crippen LogP contribution in [-0.2, 0) is 11.8 Å². The van der Waals surface area contributed by atoms with Gasteiger partial charge in [-0.1, -0.05) is 27.7 Å². The summed E-state index contributed by atoms with van der Waals surface area (Å²) < 4.78 is 2.92. The lowest BCUT2D eigenvalue weighted by Crippen LogP contribution is -2.13. The van der Waals surface area contributed by atoms with Gasteiger partial charge in [-0.2, -0.15) is 0 Å². The van der Waals surface area contributed by atoms with Crippen molar-refractivity contribution in [2.24, 2.45) is 0 Å². The first kappa shape index (κ1) is 12.6. The number of halogens is 1. The van der Waals surface area contributed by atoms with Crippen molar-refractivity contribution in [2.45, 2.75) is 46.5 Å². The molecule has 0 aliphatic carbocycles. The Morgan fingerprint density at radius 3 is 2.53 bits per heavy atom. The summed E-state index contributed by atoms with van der Waals surface area (Å²) in [7, 11) is 0. The van der Waals surface area contributed by atoms with Crippen molar-refractivity contribution in [1.29, 1.82) is 0 Å². The summed E-state index contributed by atoms with van der Waals surface area (Å²) in [5.74, 6) is 0.880. The number of aryl methyl sites for hydroxylation is 1. The molecular formula is C13H18BrN3. The van der Waals surface area contributed by atoms with Gasteiger partial charge in [-0.25, -0.2) is 9.50 Å². The van der Waals surface area contributed by atoms with E-state index in [4.69, 9.17) is 0 Å². The molecule has 0 amide bonds. The Bertz CT molecular complexity index is 564. The maximum Gasteiger partial charge on any atom is 0.157 e. The third kappa shape index (κ3) is 2.10. The number of rotatable bonds is 1. The van der Waals surface area contributed by atoms with E-state index in [0.29, 0.717) is 0 Å². The van der Waals surface area contributed by atoms with Gasteiger partial charge in [-0.3, -0.25) is 0 Å². The smallest absolute Gasteiger partial charge is 0.157 e. The zero-order valence-electron chi connectivity index (χ0n) is 11.0. The minimum atomic E-state index is -0.0221. The van der Waals surface area contributed by atoms with Crippen molar-refractivity contribution in [1.82, 2.24) is 14.6 Å². The molecule has 17 heavy (non-hydrogen) atoms. The van der Waals surface area contributed by atoms with Crippen LogP contribution in [0.15, 0.2) is 10.7 Å². The van der Waals surface area contributed by atoms with Crippen LogP contribution in [0.1, 0.15) is 44.6 Å². The van der Waals surface area contributed by atoms with Crippen LogP contribution in [-0.4, -0.2) is 14.6 Å². The molecule has 0 saturated carbocycles. The van der Waals surface area contributed by atoms with Crippen LogP contribution in [0.2, 0.25) is 0 Å². The Kier molecular flexibility index (Phi) is 3.02. The molecule has 2 aromatic rings. The molecule has 0 radical (unpaired) electrons. The fraction of sp³-hybridized carbons (Fsp3) is 0.538. The van der Waals surface area contributed by atoms with E-state index in [2.05, 4.69) is 66.7 Å². The molecule has 0 saturated heterocycles. The van der Waals surface area contributed by atoms with Gasteiger partial charge in [0.1, 0.15) is 4.60 Å². The zero-order valence-corrected chi connectivity index (χ0v) is 12.6. The van der Waals surface area contributed by atoms with Crippen LogP contribution in [0.4, 0.5) is 0 Å². The molecule has 2 rings (SSSR count). The first-order valence-corrected chi connectivity index (χ1v) is 6.69. The number of fused-ring (bicyclic) bond motifs is 1. The molecule has 92 valence electrons. The van der Waals surface area contributed by atoms with Crippen LogP contribution < -0.4 is 0 Å². The molecule has 0 atom stereocenters. The maximum absolute atomic E-state index is 4.60. The Labute approximate surface area is 110 Å². The minimum Gasteiger partial charge on any atom is -0.211 e. The van der Waals surface area contributed by atoms with Crippen LogP contribution in [0, 0.1) is 6.92 Å². The van der Waals surface area contributed by atoms with E-state index in [9.17, 15) is 0 Å². The lowest BCUT2D eigenvalue weighted by Gasteiger charge is -2.11. The summed E-state index contributed by atoms with van der Waals surface area (Å²) in [5.41, 5.74) is 3.45. The quantitative estimate of drug-likeness (QED) is 0.752. The summed E-state index contributed by atoms with van der Waals surface area (Å²) in [6.45, 7) is 10.7. The predicted octanol–water partition coefficient (Wildman–Crippen LogP) is 3.66. The van der Waals surface area contributed by atoms with Crippen molar-refractivity contribution >= 4 is 21.6 Å². The lowest BCUT2D eigenvalue weighted by atomic mass is 9.96. The molecule has 2 aromatic heterocycles. The highest BCUT2D eigenvalue weighted by atomic mass is 79.9. The molecular weight excluding hydrogens is 278 g/mol. The van der Waals surface area contributed by atoms with Gasteiger partial charge in [0.05, 0.1) is 0 Å². The molecule has 0 aliphatic rings. The fourth-order valence-corrected chi connectivity index (χ4v) is 2.73. The van der Waals surface area contributed by atoms with Crippen molar-refractivity contribution in [3.8, 4) is 0 Å². The number of pyridine rings is 1. The summed E-state index contributed by atoms with van der Waals surface area (Å²) in [4.78, 5) is 4.60. The second-order valence-corrected chi connectivity index (χ2v) is 6.16. The van der Waals surface area contributed by atoms with Crippen molar-refractivity contribution in [3.63, 3.8) is 0 Å². The number of hydrogen-bond acceptors (Lipinski definition) is 2. The fourth-order valence-electron chi connectivity index (χ4n) is 1.88. The van der Waals surface area contributed by atoms with E-state index in [1.54, 1.807) is 0 Å². The van der Waals surface area contributed by atoms with Crippen molar-refractivity contribution < 1.29 is 0 Å². The summed E-state index contributed by atoms with van der Waals surface area (Å²) >= 11 is 3.63. The standard InChI is InChI=1S/C13H18BrN3/c1-6-9-8(2)7-10-15-12(13(3,4)5)16-17(10)11(9)14/h7H,6H2,1-5H3. The van der Waals surface area contributed by atoms with Crippen LogP contribution in [0.25, 0.3) is 5.65 Å².